The average molecular weight is 406 g/mol. The Morgan fingerprint density at radius 1 is 1.11 bits per heavy atom. The molecule has 7 heteroatoms. The summed E-state index contributed by atoms with van der Waals surface area (Å²) in [6.07, 6.45) is 1.77. The summed E-state index contributed by atoms with van der Waals surface area (Å²) in [6, 6.07) is 12.5. The number of carbonyl (C=O) groups is 1. The maximum atomic E-state index is 13.1. The first-order valence-electron chi connectivity index (χ1n) is 9.08. The van der Waals surface area contributed by atoms with Crippen LogP contribution in [-0.4, -0.2) is 38.6 Å². The smallest absolute Gasteiger partial charge is 0.306 e. The third kappa shape index (κ3) is 5.73. The first-order chi connectivity index (χ1) is 13.1. The Morgan fingerprint density at radius 2 is 1.75 bits per heavy atom. The Balaban J connectivity index is 2.35. The fourth-order valence-corrected chi connectivity index (χ4v) is 3.21. The van der Waals surface area contributed by atoms with Gasteiger partial charge in [-0.1, -0.05) is 30.7 Å². The Morgan fingerprint density at radius 3 is 2.29 bits per heavy atom. The van der Waals surface area contributed by atoms with Crippen molar-refractivity contribution in [2.45, 2.75) is 39.8 Å². The van der Waals surface area contributed by atoms with Crippen molar-refractivity contribution in [3.63, 3.8) is 0 Å². The zero-order valence-electron chi connectivity index (χ0n) is 16.9. The molecule has 0 heterocycles. The van der Waals surface area contributed by atoms with E-state index in [4.69, 9.17) is 8.92 Å². The predicted octanol–water partition coefficient (Wildman–Crippen LogP) is 3.78. The molecule has 0 fully saturated rings. The minimum absolute atomic E-state index is 0.00943. The molecule has 152 valence electrons. The second-order valence-corrected chi connectivity index (χ2v) is 8.40. The van der Waals surface area contributed by atoms with Crippen molar-refractivity contribution in [2.75, 3.05) is 13.4 Å². The fraction of sp³-hybridized carbons (Fsp3) is 0.381. The van der Waals surface area contributed by atoms with Gasteiger partial charge in [-0.3, -0.25) is 4.79 Å². The van der Waals surface area contributed by atoms with Crippen LogP contribution in [0.2, 0.25) is 0 Å². The SMILES string of the molecule is CC[C@@H](C)N(Cc1ccc(OC)c(OS(C)(=O)=O)c1)C(=O)c1ccc(C)cc1. The molecule has 0 aliphatic heterocycles. The van der Waals surface area contributed by atoms with E-state index in [1.54, 1.807) is 23.1 Å². The lowest BCUT2D eigenvalue weighted by Gasteiger charge is -2.29. The van der Waals surface area contributed by atoms with Crippen molar-refractivity contribution in [3.05, 3.63) is 59.2 Å². The highest BCUT2D eigenvalue weighted by atomic mass is 32.2. The number of ether oxygens (including phenoxy) is 1. The van der Waals surface area contributed by atoms with Gasteiger partial charge >= 0.3 is 10.1 Å². The van der Waals surface area contributed by atoms with E-state index in [-0.39, 0.29) is 17.7 Å². The number of nitrogens with zero attached hydrogens (tertiary/aromatic N) is 1. The minimum Gasteiger partial charge on any atom is -0.493 e. The van der Waals surface area contributed by atoms with Crippen LogP contribution in [-0.2, 0) is 16.7 Å². The molecule has 0 saturated carbocycles. The van der Waals surface area contributed by atoms with Crippen LogP contribution in [0.1, 0.15) is 41.8 Å². The van der Waals surface area contributed by atoms with E-state index < -0.39 is 10.1 Å². The molecule has 0 bridgehead atoms. The number of rotatable bonds is 8. The van der Waals surface area contributed by atoms with Gasteiger partial charge in [0.1, 0.15) is 0 Å². The molecule has 2 aromatic rings. The Hall–Kier alpha value is -2.54. The summed E-state index contributed by atoms with van der Waals surface area (Å²) in [5.74, 6) is 0.347. The highest BCUT2D eigenvalue weighted by Crippen LogP contribution is 2.30. The van der Waals surface area contributed by atoms with Crippen molar-refractivity contribution in [1.82, 2.24) is 4.90 Å². The van der Waals surface area contributed by atoms with Gasteiger partial charge in [-0.05, 0) is 50.1 Å². The molecular weight excluding hydrogens is 378 g/mol. The van der Waals surface area contributed by atoms with Crippen molar-refractivity contribution < 1.29 is 22.1 Å². The normalized spacial score (nSPS) is 12.3. The summed E-state index contributed by atoms with van der Waals surface area (Å²) in [4.78, 5) is 14.8. The number of hydrogen-bond acceptors (Lipinski definition) is 5. The average Bonchev–Trinajstić information content (AvgIpc) is 2.64. The van der Waals surface area contributed by atoms with Gasteiger partial charge in [0.05, 0.1) is 13.4 Å². The van der Waals surface area contributed by atoms with Gasteiger partial charge in [-0.15, -0.1) is 0 Å². The lowest BCUT2D eigenvalue weighted by Crippen LogP contribution is -2.37. The summed E-state index contributed by atoms with van der Waals surface area (Å²) in [6.45, 7) is 6.31. The molecule has 1 amide bonds. The molecule has 1 atom stereocenters. The van der Waals surface area contributed by atoms with E-state index in [1.807, 2.05) is 45.0 Å². The minimum atomic E-state index is -3.70. The Bertz CT molecular complexity index is 922. The molecule has 2 aromatic carbocycles. The molecule has 0 spiro atoms. The molecule has 0 aliphatic carbocycles. The number of amides is 1. The summed E-state index contributed by atoms with van der Waals surface area (Å²) in [5.41, 5.74) is 2.46. The summed E-state index contributed by atoms with van der Waals surface area (Å²) >= 11 is 0. The number of benzene rings is 2. The van der Waals surface area contributed by atoms with E-state index in [9.17, 15) is 13.2 Å². The molecule has 0 unspecified atom stereocenters. The van der Waals surface area contributed by atoms with Crippen LogP contribution in [0.3, 0.4) is 0 Å². The molecule has 0 radical (unpaired) electrons. The van der Waals surface area contributed by atoms with Crippen LogP contribution >= 0.6 is 0 Å². The van der Waals surface area contributed by atoms with E-state index in [2.05, 4.69) is 0 Å². The van der Waals surface area contributed by atoms with Crippen LogP contribution in [0.25, 0.3) is 0 Å². The molecule has 0 N–H and O–H groups in total. The standard InChI is InChI=1S/C21H27NO5S/c1-6-16(3)22(21(23)18-10-7-15(2)8-11-18)14-17-9-12-19(26-4)20(13-17)27-28(5,24)25/h7-13,16H,6,14H2,1-5H3/t16-/m1/s1. The third-order valence-electron chi connectivity index (χ3n) is 4.50. The van der Waals surface area contributed by atoms with Crippen LogP contribution < -0.4 is 8.92 Å². The topological polar surface area (TPSA) is 72.9 Å². The second kappa shape index (κ2) is 9.10. The van der Waals surface area contributed by atoms with Crippen LogP contribution in [0, 0.1) is 6.92 Å². The molecule has 0 saturated heterocycles. The van der Waals surface area contributed by atoms with E-state index in [0.717, 1.165) is 23.8 Å². The Kier molecular flexibility index (Phi) is 7.07. The van der Waals surface area contributed by atoms with E-state index in [0.29, 0.717) is 17.9 Å². The second-order valence-electron chi connectivity index (χ2n) is 6.83. The highest BCUT2D eigenvalue weighted by Gasteiger charge is 2.22. The predicted molar refractivity (Wildman–Crippen MR) is 109 cm³/mol. The van der Waals surface area contributed by atoms with Gasteiger partial charge in [-0.25, -0.2) is 0 Å². The van der Waals surface area contributed by atoms with Crippen LogP contribution in [0.15, 0.2) is 42.5 Å². The number of carbonyl (C=O) groups excluding carboxylic acids is 1. The number of methoxy groups -OCH3 is 1. The zero-order valence-corrected chi connectivity index (χ0v) is 17.7. The fourth-order valence-electron chi connectivity index (χ4n) is 2.75. The maximum absolute atomic E-state index is 13.1. The lowest BCUT2D eigenvalue weighted by atomic mass is 10.1. The number of hydrogen-bond donors (Lipinski definition) is 0. The molecule has 0 aliphatic rings. The van der Waals surface area contributed by atoms with Gasteiger partial charge in [-0.2, -0.15) is 8.42 Å². The van der Waals surface area contributed by atoms with Crippen LogP contribution in [0.4, 0.5) is 0 Å². The van der Waals surface area contributed by atoms with Crippen molar-refractivity contribution >= 4 is 16.0 Å². The molecule has 6 nitrogen and oxygen atoms in total. The summed E-state index contributed by atoms with van der Waals surface area (Å²) < 4.78 is 33.3. The van der Waals surface area contributed by atoms with Gasteiger partial charge in [0, 0.05) is 18.2 Å². The zero-order chi connectivity index (χ0) is 20.9. The molecule has 2 rings (SSSR count). The molecular formula is C21H27NO5S. The number of aryl methyl sites for hydroxylation is 1. The first-order valence-corrected chi connectivity index (χ1v) is 10.9. The van der Waals surface area contributed by atoms with Crippen molar-refractivity contribution in [1.29, 1.82) is 0 Å². The van der Waals surface area contributed by atoms with Gasteiger partial charge in [0.25, 0.3) is 5.91 Å². The first kappa shape index (κ1) is 21.8. The summed E-state index contributed by atoms with van der Waals surface area (Å²) in [5, 5.41) is 0. The Labute approximate surface area is 167 Å². The van der Waals surface area contributed by atoms with Crippen molar-refractivity contribution in [3.8, 4) is 11.5 Å². The monoisotopic (exact) mass is 405 g/mol. The lowest BCUT2D eigenvalue weighted by molar-refractivity contribution is 0.0671. The molecule has 0 aromatic heterocycles. The third-order valence-corrected chi connectivity index (χ3v) is 4.99. The maximum Gasteiger partial charge on any atom is 0.306 e. The van der Waals surface area contributed by atoms with Crippen molar-refractivity contribution in [2.24, 2.45) is 0 Å². The summed E-state index contributed by atoms with van der Waals surface area (Å²) in [7, 11) is -2.26. The van der Waals surface area contributed by atoms with Crippen LogP contribution in [0.5, 0.6) is 11.5 Å². The highest BCUT2D eigenvalue weighted by molar-refractivity contribution is 7.86. The largest absolute Gasteiger partial charge is 0.493 e. The van der Waals surface area contributed by atoms with E-state index >= 15 is 0 Å². The van der Waals surface area contributed by atoms with E-state index in [1.165, 1.54) is 7.11 Å². The molecule has 28 heavy (non-hydrogen) atoms. The quantitative estimate of drug-likeness (QED) is 0.625. The van der Waals surface area contributed by atoms with Gasteiger partial charge < -0.3 is 13.8 Å². The van der Waals surface area contributed by atoms with Gasteiger partial charge in [0.2, 0.25) is 0 Å². The van der Waals surface area contributed by atoms with Gasteiger partial charge in [0.15, 0.2) is 11.5 Å².